The van der Waals surface area contributed by atoms with Crippen LogP contribution in [0.2, 0.25) is 10.0 Å². The zero-order valence-electron chi connectivity index (χ0n) is 81.8. The van der Waals surface area contributed by atoms with E-state index in [1.807, 2.05) is 212 Å². The number of pyridine rings is 1. The number of anilines is 4. The monoisotopic (exact) mass is 2010 g/mol. The first-order valence-corrected chi connectivity index (χ1v) is 51.5. The van der Waals surface area contributed by atoms with E-state index in [1.54, 1.807) is 48.5 Å². The second-order valence-electron chi connectivity index (χ2n) is 36.8. The fourth-order valence-electron chi connectivity index (χ4n) is 19.5. The number of aromatic nitrogens is 1. The molecule has 746 valence electrons. The summed E-state index contributed by atoms with van der Waals surface area (Å²) in [6.45, 7) is 2.03. The van der Waals surface area contributed by atoms with Gasteiger partial charge in [0.2, 0.25) is 29.5 Å². The number of fused-ring (bicyclic) bond motifs is 2. The minimum atomic E-state index is -1.05. The molecule has 0 saturated heterocycles. The van der Waals surface area contributed by atoms with Crippen LogP contribution in [-0.2, 0) is 54.5 Å². The number of hydrogen-bond donors (Lipinski definition) is 5. The molecule has 17 rings (SSSR count). The number of nitrogens with one attached hydrogen (secondary N) is 5. The van der Waals surface area contributed by atoms with Crippen molar-refractivity contribution in [3.63, 3.8) is 0 Å². The number of rotatable bonds is 26. The molecule has 2 heterocycles. The second-order valence-corrected chi connectivity index (χ2v) is 38.6. The standard InChI is InChI=1S/C27H26N2O2.C26H24FN3O2.C24H26N2O2.C23H22Cl2N2O2.C21H22N2O2S/c1-2-25(30)29(24-19-11-15-20-12-9-10-18-23(20)24)26(21-13-5-3-6-14-21)27(31)28-22-16-7-4-8-17-22;1-2-24(31)30(22-16-19-8-6-7-11-23(19)28-17-22)25(18-12-14-20(27)15-13-18)26(32)29-21-9-4-3-5-10-21;1-3-22(27)26(21-17-11-10-12-18(21)2)23(19-13-6-4-7-14-19)24(28)25-20-15-8-5-9-16-20;1-2-21(28)27(15-17-7-3-6-10-20(17)25)22(16-11-13-18(24)14-12-16)23(29)26-19-8-4-5-9-19;1-2-19(24)23(17-12-7-4-8-13-17)20(18-14-9-15-26-18)21(25)22-16-10-5-3-6-11-16/h1,3,5-6,9-15,18-19,22,26H,4,7-8,16-17H2,(H,28,31);1,6-8,11-17,21,25H,3-5,9-10H2,(H,29,32);1,4,6-7,10-14,17,20,23H,5,8-9,15-16H2,2H3,(H,25,28);1,3,6-7,10-14,19,22H,4-5,8-9,15H2,(H,26,29);1,4,7-9,12-16,20H,3,5-6,10-11H2,(H,22,25). The molecule has 0 spiro atoms. The summed E-state index contributed by atoms with van der Waals surface area (Å²) in [5, 5.41) is 21.3. The van der Waals surface area contributed by atoms with E-state index in [0.717, 1.165) is 178 Å². The summed E-state index contributed by atoms with van der Waals surface area (Å²) < 4.78 is 13.6. The second kappa shape index (κ2) is 54.9. The van der Waals surface area contributed by atoms with Crippen molar-refractivity contribution < 1.29 is 52.3 Å². The minimum absolute atomic E-state index is 0.0386. The molecule has 0 aliphatic heterocycles. The molecule has 10 amide bonds. The van der Waals surface area contributed by atoms with Gasteiger partial charge in [-0.15, -0.1) is 43.5 Å². The number of para-hydroxylation sites is 3. The normalized spacial score (nSPS) is 15.1. The van der Waals surface area contributed by atoms with Gasteiger partial charge in [0.05, 0.1) is 23.1 Å². The summed E-state index contributed by atoms with van der Waals surface area (Å²) >= 11 is 13.8. The molecule has 21 nitrogen and oxygen atoms in total. The van der Waals surface area contributed by atoms with Crippen molar-refractivity contribution in [3.05, 3.63) is 339 Å². The first kappa shape index (κ1) is 108. The van der Waals surface area contributed by atoms with Gasteiger partial charge in [-0.3, -0.25) is 72.5 Å². The molecule has 0 radical (unpaired) electrons. The average Bonchev–Trinajstić information content (AvgIpc) is 0.961. The van der Waals surface area contributed by atoms with Crippen LogP contribution in [0.25, 0.3) is 21.7 Å². The summed E-state index contributed by atoms with van der Waals surface area (Å²) in [4.78, 5) is 143. The maximum Gasteiger partial charge on any atom is 0.303 e. The molecule has 25 heteroatoms. The highest BCUT2D eigenvalue weighted by Crippen LogP contribution is 2.40. The molecule has 5 aliphatic carbocycles. The first-order valence-electron chi connectivity index (χ1n) is 49.9. The lowest BCUT2D eigenvalue weighted by atomic mass is 9.94. The van der Waals surface area contributed by atoms with E-state index in [1.165, 1.54) is 85.6 Å². The molecule has 12 aromatic rings. The smallest absolute Gasteiger partial charge is 0.303 e. The molecule has 10 aromatic carbocycles. The van der Waals surface area contributed by atoms with Gasteiger partial charge >= 0.3 is 23.6 Å². The predicted octanol–water partition coefficient (Wildman–Crippen LogP) is 22.3. The summed E-state index contributed by atoms with van der Waals surface area (Å²) in [7, 11) is 0. The van der Waals surface area contributed by atoms with E-state index in [-0.39, 0.29) is 66.3 Å². The van der Waals surface area contributed by atoms with Crippen molar-refractivity contribution in [1.82, 2.24) is 36.5 Å². The van der Waals surface area contributed by atoms with Crippen LogP contribution in [0.1, 0.15) is 223 Å². The molecule has 5 fully saturated rings. The molecule has 5 N–H and O–H groups in total. The molecule has 146 heavy (non-hydrogen) atoms. The van der Waals surface area contributed by atoms with E-state index in [9.17, 15) is 52.3 Å². The van der Waals surface area contributed by atoms with Gasteiger partial charge in [-0.05, 0) is 218 Å². The third kappa shape index (κ3) is 29.2. The maximum absolute atomic E-state index is 13.6. The van der Waals surface area contributed by atoms with Gasteiger partial charge in [-0.1, -0.05) is 313 Å². The quantitative estimate of drug-likeness (QED) is 0.0318. The van der Waals surface area contributed by atoms with E-state index < -0.39 is 65.6 Å². The maximum atomic E-state index is 13.6. The predicted molar refractivity (Wildman–Crippen MR) is 579 cm³/mol. The van der Waals surface area contributed by atoms with E-state index in [4.69, 9.17) is 55.3 Å². The van der Waals surface area contributed by atoms with Crippen LogP contribution in [0.3, 0.4) is 0 Å². The van der Waals surface area contributed by atoms with Crippen LogP contribution in [0.4, 0.5) is 27.1 Å². The summed E-state index contributed by atoms with van der Waals surface area (Å²) in [5.41, 5.74) is 7.24. The lowest BCUT2D eigenvalue weighted by Crippen LogP contribution is -2.47. The number of thiophene rings is 1. The first-order chi connectivity index (χ1) is 71.1. The molecular formula is C121H120Cl2FN11O10S. The van der Waals surface area contributed by atoms with Crippen LogP contribution < -0.4 is 46.2 Å². The van der Waals surface area contributed by atoms with Gasteiger partial charge in [0, 0.05) is 73.8 Å². The Morgan fingerprint density at radius 3 is 1.19 bits per heavy atom. The Morgan fingerprint density at radius 1 is 0.356 bits per heavy atom. The Bertz CT molecular complexity index is 6690. The van der Waals surface area contributed by atoms with E-state index in [2.05, 4.69) is 61.2 Å². The van der Waals surface area contributed by atoms with Gasteiger partial charge in [-0.25, -0.2) is 4.39 Å². The molecule has 5 unspecified atom stereocenters. The van der Waals surface area contributed by atoms with Crippen molar-refractivity contribution in [1.29, 1.82) is 0 Å². The van der Waals surface area contributed by atoms with Crippen LogP contribution in [0, 0.1) is 74.5 Å². The Morgan fingerprint density at radius 2 is 0.719 bits per heavy atom. The third-order valence-corrected chi connectivity index (χ3v) is 28.4. The van der Waals surface area contributed by atoms with Gasteiger partial charge in [0.1, 0.15) is 30.0 Å². The number of nitrogens with zero attached hydrogens (tertiary/aromatic N) is 6. The zero-order valence-corrected chi connectivity index (χ0v) is 84.1. The van der Waals surface area contributed by atoms with Crippen LogP contribution in [0.5, 0.6) is 0 Å². The van der Waals surface area contributed by atoms with Crippen molar-refractivity contribution >= 4 is 138 Å². The number of terminal acetylenes is 5. The van der Waals surface area contributed by atoms with Gasteiger partial charge < -0.3 is 31.5 Å². The fourth-order valence-corrected chi connectivity index (χ4v) is 20.7. The Balaban J connectivity index is 0.000000153. The number of halogens is 3. The fraction of sp³-hybridized carbons (Fsp3) is 0.298. The van der Waals surface area contributed by atoms with Crippen LogP contribution in [0.15, 0.2) is 285 Å². The number of aryl methyl sites for hydroxylation is 1. The third-order valence-electron chi connectivity index (χ3n) is 26.9. The van der Waals surface area contributed by atoms with E-state index >= 15 is 0 Å². The Labute approximate surface area is 869 Å². The SMILES string of the molecule is C#CC(=O)N(Cc1ccccc1Cl)C(C(=O)NC1CCCC1)c1ccc(Cl)cc1.C#CC(=O)N(c1cccc2ccccc12)C(C(=O)NC1CCCCC1)c1ccccc1.C#CC(=O)N(c1ccccc1)C(C(=O)NC1CCCCC1)c1cccs1.C#CC(=O)N(c1ccccc1C)C(C(=O)NC1CCCCC1)c1ccccc1.C#CC(=O)N(c1cnc2ccccc2c1)C(C(=O)NC1CCCCC1)c1ccc(F)cc1. The van der Waals surface area contributed by atoms with Crippen molar-refractivity contribution in [2.75, 3.05) is 19.6 Å². The average molecular weight is 2010 g/mol. The van der Waals surface area contributed by atoms with Crippen molar-refractivity contribution in [3.8, 4) is 61.7 Å². The van der Waals surface area contributed by atoms with Crippen molar-refractivity contribution in [2.45, 2.75) is 228 Å². The lowest BCUT2D eigenvalue weighted by Gasteiger charge is -2.33. The highest BCUT2D eigenvalue weighted by atomic mass is 35.5. The Hall–Kier alpha value is -15.4. The summed E-state index contributed by atoms with van der Waals surface area (Å²) in [5.74, 6) is 6.49. The number of carbonyl (C=O) groups is 10. The number of amides is 10. The van der Waals surface area contributed by atoms with Gasteiger partial charge in [0.25, 0.3) is 5.91 Å². The number of carbonyl (C=O) groups excluding carboxylic acids is 10. The summed E-state index contributed by atoms with van der Waals surface area (Å²) in [6.07, 6.45) is 54.2. The topological polar surface area (TPSA) is 260 Å². The summed E-state index contributed by atoms with van der Waals surface area (Å²) in [6, 6.07) is 77.7. The molecule has 5 atom stereocenters. The largest absolute Gasteiger partial charge is 0.351 e. The molecule has 5 saturated carbocycles. The highest BCUT2D eigenvalue weighted by molar-refractivity contribution is 7.10. The van der Waals surface area contributed by atoms with Gasteiger partial charge in [-0.2, -0.15) is 0 Å². The lowest BCUT2D eigenvalue weighted by molar-refractivity contribution is -0.138. The number of benzene rings is 10. The minimum Gasteiger partial charge on any atom is -0.351 e. The molecule has 0 bridgehead atoms. The van der Waals surface area contributed by atoms with Crippen molar-refractivity contribution in [2.24, 2.45) is 0 Å². The highest BCUT2D eigenvalue weighted by Gasteiger charge is 2.41. The zero-order chi connectivity index (χ0) is 103. The molecule has 2 aromatic heterocycles. The molecular weight excluding hydrogens is 1890 g/mol. The van der Waals surface area contributed by atoms with E-state index in [0.29, 0.717) is 49.5 Å². The van der Waals surface area contributed by atoms with Gasteiger partial charge in [0.15, 0.2) is 6.04 Å². The Kier molecular flexibility index (Phi) is 40.5. The van der Waals surface area contributed by atoms with Crippen LogP contribution >= 0.6 is 34.5 Å². The van der Waals surface area contributed by atoms with Crippen LogP contribution in [-0.4, -0.2) is 99.2 Å². The number of hydrogen-bond acceptors (Lipinski definition) is 12. The molecule has 5 aliphatic rings.